The van der Waals surface area contributed by atoms with Gasteiger partial charge in [0, 0.05) is 33.3 Å². The number of phenolic OH excluding ortho intramolecular Hbond substituents is 1. The SMILES string of the molecule is CC(=O)c1ccc(OCc2cccc(Sc3cncc(C=O)c3)c2)c(C)c1O. The molecule has 0 bridgehead atoms. The van der Waals surface area contributed by atoms with E-state index in [9.17, 15) is 14.7 Å². The number of ketones is 1. The first-order chi connectivity index (χ1) is 13.5. The fourth-order valence-corrected chi connectivity index (χ4v) is 3.61. The van der Waals surface area contributed by atoms with Gasteiger partial charge in [0.05, 0.1) is 5.56 Å². The molecule has 0 unspecified atom stereocenters. The Labute approximate surface area is 167 Å². The quantitative estimate of drug-likeness (QED) is 0.457. The van der Waals surface area contributed by atoms with E-state index in [1.54, 1.807) is 31.3 Å². The van der Waals surface area contributed by atoms with Gasteiger partial charge in [-0.1, -0.05) is 23.9 Å². The fraction of sp³-hybridized carbons (Fsp3) is 0.136. The second-order valence-electron chi connectivity index (χ2n) is 6.25. The maximum atomic E-state index is 11.5. The van der Waals surface area contributed by atoms with Crippen LogP contribution in [0.3, 0.4) is 0 Å². The van der Waals surface area contributed by atoms with Crippen molar-refractivity contribution in [3.63, 3.8) is 0 Å². The average Bonchev–Trinajstić information content (AvgIpc) is 2.69. The summed E-state index contributed by atoms with van der Waals surface area (Å²) in [4.78, 5) is 28.3. The molecule has 0 aliphatic carbocycles. The van der Waals surface area contributed by atoms with Crippen molar-refractivity contribution in [1.29, 1.82) is 0 Å². The molecule has 1 N–H and O–H groups in total. The first-order valence-corrected chi connectivity index (χ1v) is 9.43. The molecule has 0 saturated carbocycles. The lowest BCUT2D eigenvalue weighted by molar-refractivity contribution is 0.101. The minimum atomic E-state index is -0.190. The Kier molecular flexibility index (Phi) is 6.11. The first-order valence-electron chi connectivity index (χ1n) is 8.61. The Morgan fingerprint density at radius 2 is 2.00 bits per heavy atom. The van der Waals surface area contributed by atoms with Crippen molar-refractivity contribution in [3.8, 4) is 11.5 Å². The molecule has 1 heterocycles. The number of benzene rings is 2. The highest BCUT2D eigenvalue weighted by atomic mass is 32.2. The molecule has 0 aliphatic rings. The lowest BCUT2D eigenvalue weighted by atomic mass is 10.1. The second-order valence-corrected chi connectivity index (χ2v) is 7.40. The van der Waals surface area contributed by atoms with Crippen molar-refractivity contribution in [2.24, 2.45) is 0 Å². The zero-order chi connectivity index (χ0) is 20.1. The summed E-state index contributed by atoms with van der Waals surface area (Å²) >= 11 is 1.51. The number of nitrogens with zero attached hydrogens (tertiary/aromatic N) is 1. The van der Waals surface area contributed by atoms with E-state index in [0.29, 0.717) is 23.5 Å². The largest absolute Gasteiger partial charge is 0.507 e. The summed E-state index contributed by atoms with van der Waals surface area (Å²) in [5.74, 6) is 0.297. The van der Waals surface area contributed by atoms with Gasteiger partial charge in [-0.3, -0.25) is 14.6 Å². The summed E-state index contributed by atoms with van der Waals surface area (Å²) in [6.45, 7) is 3.45. The van der Waals surface area contributed by atoms with Crippen LogP contribution in [0.25, 0.3) is 0 Å². The van der Waals surface area contributed by atoms with Crippen LogP contribution in [-0.4, -0.2) is 22.2 Å². The number of carbonyl (C=O) groups excluding carboxylic acids is 2. The Morgan fingerprint density at radius 1 is 1.18 bits per heavy atom. The number of ether oxygens (including phenoxy) is 1. The number of Topliss-reactive ketones (excluding diaryl/α,β-unsaturated/α-hetero) is 1. The molecule has 28 heavy (non-hydrogen) atoms. The van der Waals surface area contributed by atoms with Crippen molar-refractivity contribution in [1.82, 2.24) is 4.98 Å². The number of hydrogen-bond donors (Lipinski definition) is 1. The van der Waals surface area contributed by atoms with Crippen molar-refractivity contribution in [3.05, 3.63) is 77.1 Å². The van der Waals surface area contributed by atoms with Gasteiger partial charge >= 0.3 is 0 Å². The van der Waals surface area contributed by atoms with Crippen molar-refractivity contribution < 1.29 is 19.4 Å². The average molecular weight is 393 g/mol. The number of pyridine rings is 1. The molecule has 0 spiro atoms. The maximum absolute atomic E-state index is 11.5. The van der Waals surface area contributed by atoms with E-state index in [1.165, 1.54) is 24.9 Å². The smallest absolute Gasteiger partial charge is 0.163 e. The number of aldehydes is 1. The standard InChI is InChI=1S/C22H19NO4S/c1-14-21(7-6-20(15(2)25)22(14)26)27-13-16-4-3-5-18(8-16)28-19-9-17(12-24)10-23-11-19/h3-12,26H,13H2,1-2H3. The van der Waals surface area contributed by atoms with Gasteiger partial charge < -0.3 is 9.84 Å². The predicted octanol–water partition coefficient (Wildman–Crippen LogP) is 4.84. The maximum Gasteiger partial charge on any atom is 0.163 e. The number of rotatable bonds is 7. The molecule has 6 heteroatoms. The van der Waals surface area contributed by atoms with Crippen LogP contribution < -0.4 is 4.74 Å². The molecule has 3 rings (SSSR count). The van der Waals surface area contributed by atoms with Crippen molar-refractivity contribution in [2.45, 2.75) is 30.2 Å². The highest BCUT2D eigenvalue weighted by Crippen LogP contribution is 2.32. The van der Waals surface area contributed by atoms with Crippen LogP contribution in [0, 0.1) is 6.92 Å². The molecular formula is C22H19NO4S. The van der Waals surface area contributed by atoms with Crippen LogP contribution in [0.1, 0.15) is 38.8 Å². The Hall–Kier alpha value is -3.12. The molecule has 142 valence electrons. The molecule has 0 radical (unpaired) electrons. The molecule has 1 aromatic heterocycles. The van der Waals surface area contributed by atoms with Crippen LogP contribution in [0.2, 0.25) is 0 Å². The van der Waals surface area contributed by atoms with Crippen LogP contribution in [0.4, 0.5) is 0 Å². The third-order valence-corrected chi connectivity index (χ3v) is 5.11. The van der Waals surface area contributed by atoms with E-state index >= 15 is 0 Å². The van der Waals surface area contributed by atoms with Gasteiger partial charge in [0.25, 0.3) is 0 Å². The first kappa shape index (κ1) is 19.6. The monoisotopic (exact) mass is 393 g/mol. The molecule has 0 atom stereocenters. The molecular weight excluding hydrogens is 374 g/mol. The third-order valence-electron chi connectivity index (χ3n) is 4.16. The van der Waals surface area contributed by atoms with Gasteiger partial charge in [-0.2, -0.15) is 0 Å². The second kappa shape index (κ2) is 8.71. The molecule has 0 saturated heterocycles. The topological polar surface area (TPSA) is 76.5 Å². The Bertz CT molecular complexity index is 1030. The van der Waals surface area contributed by atoms with Crippen LogP contribution >= 0.6 is 11.8 Å². The van der Waals surface area contributed by atoms with Gasteiger partial charge in [0.2, 0.25) is 0 Å². The number of aromatic hydroxyl groups is 1. The molecule has 2 aromatic carbocycles. The summed E-state index contributed by atoms with van der Waals surface area (Å²) in [7, 11) is 0. The summed E-state index contributed by atoms with van der Waals surface area (Å²) < 4.78 is 5.84. The minimum Gasteiger partial charge on any atom is -0.507 e. The molecule has 0 aliphatic heterocycles. The minimum absolute atomic E-state index is 0.0446. The van der Waals surface area contributed by atoms with Crippen LogP contribution in [0.5, 0.6) is 11.5 Å². The van der Waals surface area contributed by atoms with Crippen molar-refractivity contribution in [2.75, 3.05) is 0 Å². The van der Waals surface area contributed by atoms with E-state index in [2.05, 4.69) is 4.98 Å². The predicted molar refractivity (Wildman–Crippen MR) is 107 cm³/mol. The van der Waals surface area contributed by atoms with Gasteiger partial charge in [-0.15, -0.1) is 0 Å². The lowest BCUT2D eigenvalue weighted by Gasteiger charge is -2.13. The zero-order valence-corrected chi connectivity index (χ0v) is 16.3. The zero-order valence-electron chi connectivity index (χ0n) is 15.5. The van der Waals surface area contributed by atoms with E-state index < -0.39 is 0 Å². The van der Waals surface area contributed by atoms with Crippen LogP contribution in [-0.2, 0) is 6.61 Å². The Morgan fingerprint density at radius 3 is 2.75 bits per heavy atom. The van der Waals surface area contributed by atoms with E-state index in [0.717, 1.165) is 21.6 Å². The Balaban J connectivity index is 1.72. The highest BCUT2D eigenvalue weighted by Gasteiger charge is 2.13. The number of phenols is 1. The van der Waals surface area contributed by atoms with E-state index in [4.69, 9.17) is 4.74 Å². The van der Waals surface area contributed by atoms with Crippen LogP contribution in [0.15, 0.2) is 64.6 Å². The fourth-order valence-electron chi connectivity index (χ4n) is 2.67. The third kappa shape index (κ3) is 4.58. The highest BCUT2D eigenvalue weighted by molar-refractivity contribution is 7.99. The van der Waals surface area contributed by atoms with Gasteiger partial charge in [0.15, 0.2) is 12.1 Å². The van der Waals surface area contributed by atoms with Crippen molar-refractivity contribution >= 4 is 23.8 Å². The summed E-state index contributed by atoms with van der Waals surface area (Å²) in [6, 6.07) is 12.9. The number of hydrogen-bond acceptors (Lipinski definition) is 6. The molecule has 3 aromatic rings. The summed E-state index contributed by atoms with van der Waals surface area (Å²) in [5, 5.41) is 10.2. The molecule has 5 nitrogen and oxygen atoms in total. The van der Waals surface area contributed by atoms with E-state index in [1.807, 2.05) is 24.3 Å². The lowest BCUT2D eigenvalue weighted by Crippen LogP contribution is -2.00. The van der Waals surface area contributed by atoms with E-state index in [-0.39, 0.29) is 17.1 Å². The molecule has 0 fully saturated rings. The number of carbonyl (C=O) groups is 2. The van der Waals surface area contributed by atoms with Gasteiger partial charge in [-0.25, -0.2) is 0 Å². The van der Waals surface area contributed by atoms with Gasteiger partial charge in [-0.05, 0) is 49.7 Å². The molecule has 0 amide bonds. The number of aromatic nitrogens is 1. The summed E-state index contributed by atoms with van der Waals surface area (Å²) in [6.07, 6.45) is 4.01. The summed E-state index contributed by atoms with van der Waals surface area (Å²) in [5.41, 5.74) is 2.32. The van der Waals surface area contributed by atoms with Gasteiger partial charge in [0.1, 0.15) is 18.1 Å². The normalized spacial score (nSPS) is 10.5.